The molecule has 4 aromatic rings. The summed E-state index contributed by atoms with van der Waals surface area (Å²) in [6.45, 7) is 2.78. The third kappa shape index (κ3) is 3.38. The molecular formula is C21H19BN4O. The van der Waals surface area contributed by atoms with E-state index in [0.717, 1.165) is 12.2 Å². The molecule has 0 fully saturated rings. The molecule has 6 heteroatoms. The number of para-hydroxylation sites is 1. The quantitative estimate of drug-likeness (QED) is 0.541. The molecule has 2 radical (unpaired) electrons. The first-order valence-electron chi connectivity index (χ1n) is 8.90. The lowest BCUT2D eigenvalue weighted by Crippen LogP contribution is -2.09. The molecule has 5 nitrogen and oxygen atoms in total. The second-order valence-corrected chi connectivity index (χ2v) is 6.40. The molecule has 0 bridgehead atoms. The minimum Gasteiger partial charge on any atom is -0.507 e. The molecule has 0 saturated heterocycles. The molecule has 0 aliphatic rings. The summed E-state index contributed by atoms with van der Waals surface area (Å²) in [5, 5.41) is 17.9. The normalized spacial score (nSPS) is 11.0. The van der Waals surface area contributed by atoms with E-state index in [9.17, 15) is 5.11 Å². The van der Waals surface area contributed by atoms with Gasteiger partial charge in [0, 0.05) is 24.4 Å². The number of aromatic hydroxyl groups is 1. The van der Waals surface area contributed by atoms with Gasteiger partial charge < -0.3 is 10.4 Å². The van der Waals surface area contributed by atoms with Crippen molar-refractivity contribution in [3.05, 3.63) is 71.9 Å². The van der Waals surface area contributed by atoms with Crippen LogP contribution in [0, 0.1) is 0 Å². The number of fused-ring (bicyclic) bond motifs is 1. The van der Waals surface area contributed by atoms with Gasteiger partial charge in [0.05, 0.1) is 5.69 Å². The number of phenols is 1. The van der Waals surface area contributed by atoms with Crippen LogP contribution in [0.1, 0.15) is 18.1 Å². The summed E-state index contributed by atoms with van der Waals surface area (Å²) in [6.07, 6.45) is 2.60. The maximum atomic E-state index is 10.2. The molecule has 2 N–H and O–H groups in total. The molecule has 2 heterocycles. The van der Waals surface area contributed by atoms with Crippen molar-refractivity contribution in [3.8, 4) is 17.0 Å². The zero-order chi connectivity index (χ0) is 18.8. The summed E-state index contributed by atoms with van der Waals surface area (Å²) in [7, 11) is 6.03. The topological polar surface area (TPSA) is 62.5 Å². The highest BCUT2D eigenvalue weighted by Crippen LogP contribution is 2.29. The number of phenolic OH excluding ortho intramolecular Hbond substituents is 1. The number of hydrogen-bond donors (Lipinski definition) is 2. The predicted molar refractivity (Wildman–Crippen MR) is 109 cm³/mol. The van der Waals surface area contributed by atoms with Crippen LogP contribution in [-0.2, 0) is 13.0 Å². The molecule has 0 aliphatic heterocycles. The minimum absolute atomic E-state index is 0.175. The van der Waals surface area contributed by atoms with Crippen LogP contribution in [0.25, 0.3) is 16.9 Å². The highest BCUT2D eigenvalue weighted by molar-refractivity contribution is 6.36. The number of nitrogens with one attached hydrogen (secondary N) is 1. The van der Waals surface area contributed by atoms with Crippen molar-refractivity contribution in [2.45, 2.75) is 19.9 Å². The van der Waals surface area contributed by atoms with Gasteiger partial charge in [0.1, 0.15) is 19.4 Å². The Morgan fingerprint density at radius 1 is 1.07 bits per heavy atom. The molecule has 4 rings (SSSR count). The van der Waals surface area contributed by atoms with Crippen molar-refractivity contribution >= 4 is 24.8 Å². The third-order valence-corrected chi connectivity index (χ3v) is 4.58. The van der Waals surface area contributed by atoms with Crippen LogP contribution in [0.15, 0.2) is 60.8 Å². The Balaban J connectivity index is 1.71. The number of anilines is 1. The van der Waals surface area contributed by atoms with E-state index >= 15 is 0 Å². The zero-order valence-corrected chi connectivity index (χ0v) is 15.1. The van der Waals surface area contributed by atoms with Crippen molar-refractivity contribution in [2.24, 2.45) is 0 Å². The molecule has 0 unspecified atom stereocenters. The Morgan fingerprint density at radius 2 is 1.81 bits per heavy atom. The van der Waals surface area contributed by atoms with Crippen molar-refractivity contribution in [1.29, 1.82) is 0 Å². The number of rotatable bonds is 5. The highest BCUT2D eigenvalue weighted by atomic mass is 16.3. The van der Waals surface area contributed by atoms with E-state index in [2.05, 4.69) is 46.6 Å². The van der Waals surface area contributed by atoms with E-state index in [1.165, 1.54) is 11.1 Å². The zero-order valence-electron chi connectivity index (χ0n) is 15.1. The summed E-state index contributed by atoms with van der Waals surface area (Å²) in [4.78, 5) is 4.58. The molecule has 0 saturated carbocycles. The largest absolute Gasteiger partial charge is 0.507 e. The fourth-order valence-corrected chi connectivity index (χ4v) is 3.02. The van der Waals surface area contributed by atoms with Gasteiger partial charge in [0.2, 0.25) is 0 Å². The lowest BCUT2D eigenvalue weighted by atomic mass is 10.0. The summed E-state index contributed by atoms with van der Waals surface area (Å²) in [5.41, 5.74) is 4.81. The molecule has 2 aromatic carbocycles. The molecule has 0 aliphatic carbocycles. The number of aryl methyl sites for hydroxylation is 1. The van der Waals surface area contributed by atoms with Crippen LogP contribution < -0.4 is 10.8 Å². The van der Waals surface area contributed by atoms with Crippen molar-refractivity contribution in [2.75, 3.05) is 5.32 Å². The fourth-order valence-electron chi connectivity index (χ4n) is 3.02. The van der Waals surface area contributed by atoms with Crippen LogP contribution in [0.4, 0.5) is 5.82 Å². The van der Waals surface area contributed by atoms with Crippen LogP contribution in [0.3, 0.4) is 0 Å². The Morgan fingerprint density at radius 3 is 2.56 bits per heavy atom. The van der Waals surface area contributed by atoms with Crippen LogP contribution in [0.5, 0.6) is 5.75 Å². The fraction of sp³-hybridized carbons (Fsp3) is 0.143. The maximum Gasteiger partial charge on any atom is 0.150 e. The van der Waals surface area contributed by atoms with E-state index in [0.29, 0.717) is 28.9 Å². The molecule has 27 heavy (non-hydrogen) atoms. The van der Waals surface area contributed by atoms with Gasteiger partial charge in [-0.05, 0) is 35.1 Å². The summed E-state index contributed by atoms with van der Waals surface area (Å²) >= 11 is 0. The van der Waals surface area contributed by atoms with E-state index in [-0.39, 0.29) is 5.75 Å². The summed E-state index contributed by atoms with van der Waals surface area (Å²) in [5.74, 6) is 0.933. The van der Waals surface area contributed by atoms with Gasteiger partial charge in [0.25, 0.3) is 0 Å². The molecule has 0 atom stereocenters. The first-order valence-corrected chi connectivity index (χ1v) is 8.90. The summed E-state index contributed by atoms with van der Waals surface area (Å²) < 4.78 is 1.68. The van der Waals surface area contributed by atoms with Crippen LogP contribution in [-0.4, -0.2) is 27.6 Å². The third-order valence-electron chi connectivity index (χ3n) is 4.58. The number of nitrogens with zero attached hydrogens (tertiary/aromatic N) is 3. The average Bonchev–Trinajstić information content (AvgIpc) is 3.08. The molecule has 132 valence electrons. The predicted octanol–water partition coefficient (Wildman–Crippen LogP) is 3.07. The standard InChI is InChI=1S/C21H19BN4O/c1-2-14-7-9-15(10-8-14)12-23-20-11-18(16-5-3-4-6-19(16)27)25-21-17(22)13-24-26(20)21/h3-11,13,23,27H,2,12H2,1H3. The van der Waals surface area contributed by atoms with E-state index in [1.54, 1.807) is 22.8 Å². The first-order chi connectivity index (χ1) is 13.2. The Kier molecular flexibility index (Phi) is 4.54. The SMILES string of the molecule is [B]c1cnn2c(NCc3ccc(CC)cc3)cc(-c3ccccc3O)nc12. The monoisotopic (exact) mass is 354 g/mol. The number of benzene rings is 2. The van der Waals surface area contributed by atoms with E-state index < -0.39 is 0 Å². The number of hydrogen-bond acceptors (Lipinski definition) is 4. The van der Waals surface area contributed by atoms with E-state index in [1.807, 2.05) is 18.2 Å². The van der Waals surface area contributed by atoms with Gasteiger partial charge in [-0.2, -0.15) is 9.61 Å². The van der Waals surface area contributed by atoms with Gasteiger partial charge in [-0.1, -0.05) is 43.3 Å². The number of aromatic nitrogens is 3. The Bertz CT molecular complexity index is 1090. The van der Waals surface area contributed by atoms with Crippen molar-refractivity contribution in [1.82, 2.24) is 14.6 Å². The molecule has 2 aromatic heterocycles. The lowest BCUT2D eigenvalue weighted by molar-refractivity contribution is 0.477. The minimum atomic E-state index is 0.175. The van der Waals surface area contributed by atoms with Crippen molar-refractivity contribution in [3.63, 3.8) is 0 Å². The van der Waals surface area contributed by atoms with Crippen LogP contribution in [0.2, 0.25) is 0 Å². The van der Waals surface area contributed by atoms with Gasteiger partial charge in [-0.25, -0.2) is 4.98 Å². The lowest BCUT2D eigenvalue weighted by Gasteiger charge is -2.12. The second kappa shape index (κ2) is 7.15. The van der Waals surface area contributed by atoms with E-state index in [4.69, 9.17) is 7.85 Å². The van der Waals surface area contributed by atoms with Crippen molar-refractivity contribution < 1.29 is 5.11 Å². The van der Waals surface area contributed by atoms with Gasteiger partial charge in [-0.3, -0.25) is 0 Å². The van der Waals surface area contributed by atoms with Gasteiger partial charge >= 0.3 is 0 Å². The summed E-state index contributed by atoms with van der Waals surface area (Å²) in [6, 6.07) is 17.5. The molecule has 0 spiro atoms. The van der Waals surface area contributed by atoms with Gasteiger partial charge in [0.15, 0.2) is 5.65 Å². The molecule has 0 amide bonds. The molecular weight excluding hydrogens is 335 g/mol. The van der Waals surface area contributed by atoms with Gasteiger partial charge in [-0.15, -0.1) is 0 Å². The first kappa shape index (κ1) is 17.2. The average molecular weight is 354 g/mol. The second-order valence-electron chi connectivity index (χ2n) is 6.40. The maximum absolute atomic E-state index is 10.2. The Labute approximate surface area is 159 Å². The van der Waals surface area contributed by atoms with Crippen LogP contribution >= 0.6 is 0 Å². The Hall–Kier alpha value is -3.28. The highest BCUT2D eigenvalue weighted by Gasteiger charge is 2.12. The smallest absolute Gasteiger partial charge is 0.150 e.